The van der Waals surface area contributed by atoms with Gasteiger partial charge in [0.05, 0.1) is 24.1 Å². The molecule has 0 aliphatic rings. The molecule has 1 rings (SSSR count). The lowest BCUT2D eigenvalue weighted by atomic mass is 10.1. The summed E-state index contributed by atoms with van der Waals surface area (Å²) in [5.74, 6) is -0.0526. The number of allylic oxidation sites excluding steroid dienone is 1. The number of hydrogen-bond acceptors (Lipinski definition) is 3. The first-order chi connectivity index (χ1) is 7.61. The second-order valence-electron chi connectivity index (χ2n) is 3.48. The lowest BCUT2D eigenvalue weighted by molar-refractivity contribution is 0.104. The van der Waals surface area contributed by atoms with E-state index in [0.717, 1.165) is 17.9 Å². The summed E-state index contributed by atoms with van der Waals surface area (Å²) in [5, 5.41) is 4.30. The van der Waals surface area contributed by atoms with E-state index in [0.29, 0.717) is 12.2 Å². The molecular formula is C12H18N2O2. The maximum absolute atomic E-state index is 11.9. The van der Waals surface area contributed by atoms with Crippen molar-refractivity contribution in [2.75, 3.05) is 6.61 Å². The van der Waals surface area contributed by atoms with Gasteiger partial charge in [0, 0.05) is 18.3 Å². The molecule has 0 aliphatic carbocycles. The molecule has 0 N–H and O–H groups in total. The number of ether oxygens (including phenoxy) is 1. The predicted molar refractivity (Wildman–Crippen MR) is 62.5 cm³/mol. The van der Waals surface area contributed by atoms with Crippen LogP contribution in [0.2, 0.25) is 0 Å². The molecule has 16 heavy (non-hydrogen) atoms. The van der Waals surface area contributed by atoms with Crippen molar-refractivity contribution in [3.05, 3.63) is 29.3 Å². The van der Waals surface area contributed by atoms with Crippen LogP contribution in [0.3, 0.4) is 0 Å². The summed E-state index contributed by atoms with van der Waals surface area (Å²) in [5.41, 5.74) is 2.36. The van der Waals surface area contributed by atoms with E-state index in [4.69, 9.17) is 4.74 Å². The van der Waals surface area contributed by atoms with Crippen LogP contribution >= 0.6 is 0 Å². The molecule has 0 saturated carbocycles. The van der Waals surface area contributed by atoms with Crippen LogP contribution in [0.15, 0.2) is 12.3 Å². The summed E-state index contributed by atoms with van der Waals surface area (Å²) in [6, 6.07) is 0. The van der Waals surface area contributed by atoms with Gasteiger partial charge in [-0.25, -0.2) is 0 Å². The molecule has 0 unspecified atom stereocenters. The Bertz CT molecular complexity index is 405. The van der Waals surface area contributed by atoms with Gasteiger partial charge in [-0.1, -0.05) is 0 Å². The first-order valence-electron chi connectivity index (χ1n) is 5.48. The third kappa shape index (κ3) is 2.51. The Hall–Kier alpha value is -1.58. The lowest BCUT2D eigenvalue weighted by Crippen LogP contribution is -2.02. The molecule has 4 heteroatoms. The Morgan fingerprint density at radius 2 is 2.12 bits per heavy atom. The highest BCUT2D eigenvalue weighted by Crippen LogP contribution is 2.14. The van der Waals surface area contributed by atoms with Crippen molar-refractivity contribution >= 4 is 5.78 Å². The zero-order valence-electron chi connectivity index (χ0n) is 10.3. The summed E-state index contributed by atoms with van der Waals surface area (Å²) in [6.07, 6.45) is 2.88. The SMILES string of the molecule is CCOC=CC(=O)c1c(C)nn(CC)c1C. The van der Waals surface area contributed by atoms with Crippen molar-refractivity contribution in [1.82, 2.24) is 9.78 Å². The van der Waals surface area contributed by atoms with Crippen LogP contribution in [0.1, 0.15) is 35.6 Å². The van der Waals surface area contributed by atoms with Gasteiger partial charge in [-0.2, -0.15) is 5.10 Å². The highest BCUT2D eigenvalue weighted by atomic mass is 16.5. The summed E-state index contributed by atoms with van der Waals surface area (Å²) < 4.78 is 6.84. The minimum atomic E-state index is -0.0526. The highest BCUT2D eigenvalue weighted by Gasteiger charge is 2.15. The molecule has 0 aliphatic heterocycles. The Kier molecular flexibility index (Phi) is 4.28. The molecule has 0 aromatic carbocycles. The smallest absolute Gasteiger partial charge is 0.192 e. The van der Waals surface area contributed by atoms with Crippen LogP contribution in [-0.2, 0) is 11.3 Å². The number of rotatable bonds is 5. The molecule has 0 fully saturated rings. The van der Waals surface area contributed by atoms with E-state index in [1.54, 1.807) is 0 Å². The van der Waals surface area contributed by atoms with Gasteiger partial charge in [0.1, 0.15) is 0 Å². The van der Waals surface area contributed by atoms with E-state index in [1.165, 1.54) is 12.3 Å². The number of aryl methyl sites for hydroxylation is 2. The van der Waals surface area contributed by atoms with Crippen LogP contribution in [0.5, 0.6) is 0 Å². The van der Waals surface area contributed by atoms with Crippen molar-refractivity contribution in [3.8, 4) is 0 Å². The van der Waals surface area contributed by atoms with Crippen molar-refractivity contribution in [2.24, 2.45) is 0 Å². The van der Waals surface area contributed by atoms with Gasteiger partial charge in [0.15, 0.2) is 5.78 Å². The highest BCUT2D eigenvalue weighted by molar-refractivity contribution is 6.06. The molecular weight excluding hydrogens is 204 g/mol. The molecule has 0 saturated heterocycles. The van der Waals surface area contributed by atoms with Crippen LogP contribution in [0.25, 0.3) is 0 Å². The van der Waals surface area contributed by atoms with Crippen molar-refractivity contribution in [3.63, 3.8) is 0 Å². The Morgan fingerprint density at radius 3 is 2.62 bits per heavy atom. The maximum Gasteiger partial charge on any atom is 0.192 e. The van der Waals surface area contributed by atoms with Crippen LogP contribution < -0.4 is 0 Å². The molecule has 0 atom stereocenters. The Morgan fingerprint density at radius 1 is 1.44 bits per heavy atom. The number of hydrogen-bond donors (Lipinski definition) is 0. The van der Waals surface area contributed by atoms with Crippen molar-refractivity contribution in [2.45, 2.75) is 34.2 Å². The molecule has 0 radical (unpaired) electrons. The van der Waals surface area contributed by atoms with Crippen molar-refractivity contribution < 1.29 is 9.53 Å². The fourth-order valence-electron chi connectivity index (χ4n) is 1.65. The lowest BCUT2D eigenvalue weighted by Gasteiger charge is -1.99. The summed E-state index contributed by atoms with van der Waals surface area (Å²) in [6.45, 7) is 8.97. The number of nitrogens with zero attached hydrogens (tertiary/aromatic N) is 2. The van der Waals surface area contributed by atoms with Gasteiger partial charge in [-0.15, -0.1) is 0 Å². The predicted octanol–water partition coefficient (Wildman–Crippen LogP) is 2.25. The maximum atomic E-state index is 11.9. The zero-order chi connectivity index (χ0) is 12.1. The number of carbonyl (C=O) groups is 1. The summed E-state index contributed by atoms with van der Waals surface area (Å²) in [4.78, 5) is 11.9. The largest absolute Gasteiger partial charge is 0.501 e. The number of aromatic nitrogens is 2. The second-order valence-corrected chi connectivity index (χ2v) is 3.48. The van der Waals surface area contributed by atoms with E-state index in [-0.39, 0.29) is 5.78 Å². The topological polar surface area (TPSA) is 44.1 Å². The summed E-state index contributed by atoms with van der Waals surface area (Å²) in [7, 11) is 0. The van der Waals surface area contributed by atoms with Gasteiger partial charge in [-0.3, -0.25) is 9.48 Å². The first kappa shape index (κ1) is 12.5. The quantitative estimate of drug-likeness (QED) is 0.436. The van der Waals surface area contributed by atoms with E-state index in [1.807, 2.05) is 32.4 Å². The Balaban J connectivity index is 2.95. The minimum Gasteiger partial charge on any atom is -0.501 e. The van der Waals surface area contributed by atoms with E-state index in [9.17, 15) is 4.79 Å². The van der Waals surface area contributed by atoms with E-state index < -0.39 is 0 Å². The minimum absolute atomic E-state index is 0.0526. The molecule has 0 spiro atoms. The number of carbonyl (C=O) groups excluding carboxylic acids is 1. The molecule has 0 bridgehead atoms. The molecule has 1 aromatic rings. The van der Waals surface area contributed by atoms with Crippen LogP contribution in [0.4, 0.5) is 0 Å². The number of ketones is 1. The van der Waals surface area contributed by atoms with Crippen molar-refractivity contribution in [1.29, 1.82) is 0 Å². The molecule has 88 valence electrons. The standard InChI is InChI=1S/C12H18N2O2/c1-5-14-10(4)12(9(3)13-14)11(15)7-8-16-6-2/h7-8H,5-6H2,1-4H3. The second kappa shape index (κ2) is 5.49. The zero-order valence-corrected chi connectivity index (χ0v) is 10.3. The van der Waals surface area contributed by atoms with Crippen LogP contribution in [-0.4, -0.2) is 22.2 Å². The molecule has 1 heterocycles. The third-order valence-electron chi connectivity index (χ3n) is 2.41. The first-order valence-corrected chi connectivity index (χ1v) is 5.48. The van der Waals surface area contributed by atoms with E-state index >= 15 is 0 Å². The Labute approximate surface area is 95.9 Å². The van der Waals surface area contributed by atoms with Gasteiger partial charge in [0.2, 0.25) is 0 Å². The average Bonchev–Trinajstić information content (AvgIpc) is 2.54. The fraction of sp³-hybridized carbons (Fsp3) is 0.500. The molecule has 4 nitrogen and oxygen atoms in total. The monoisotopic (exact) mass is 222 g/mol. The molecule has 0 amide bonds. The third-order valence-corrected chi connectivity index (χ3v) is 2.41. The van der Waals surface area contributed by atoms with Gasteiger partial charge in [-0.05, 0) is 27.7 Å². The molecule has 1 aromatic heterocycles. The fourth-order valence-corrected chi connectivity index (χ4v) is 1.65. The van der Waals surface area contributed by atoms with E-state index in [2.05, 4.69) is 5.10 Å². The normalized spacial score (nSPS) is 11.0. The van der Waals surface area contributed by atoms with Gasteiger partial charge in [0.25, 0.3) is 0 Å². The van der Waals surface area contributed by atoms with Crippen LogP contribution in [0, 0.1) is 13.8 Å². The van der Waals surface area contributed by atoms with Gasteiger partial charge < -0.3 is 4.74 Å². The van der Waals surface area contributed by atoms with Gasteiger partial charge >= 0.3 is 0 Å². The summed E-state index contributed by atoms with van der Waals surface area (Å²) >= 11 is 0. The average molecular weight is 222 g/mol.